The first-order valence-electron chi connectivity index (χ1n) is 12.2. The average molecular weight is 504 g/mol. The Morgan fingerprint density at radius 1 is 1.03 bits per heavy atom. The van der Waals surface area contributed by atoms with E-state index in [1.165, 1.54) is 28.3 Å². The van der Waals surface area contributed by atoms with E-state index in [1.54, 1.807) is 23.5 Å². The van der Waals surface area contributed by atoms with E-state index >= 15 is 0 Å². The second-order valence-electron chi connectivity index (χ2n) is 9.00. The number of thiophene rings is 1. The van der Waals surface area contributed by atoms with Gasteiger partial charge < -0.3 is 10.6 Å². The van der Waals surface area contributed by atoms with Crippen LogP contribution in [0.2, 0.25) is 0 Å². The fourth-order valence-electron chi connectivity index (χ4n) is 4.98. The van der Waals surface area contributed by atoms with Gasteiger partial charge in [-0.25, -0.2) is 8.42 Å². The largest absolute Gasteiger partial charge is 0.355 e. The second kappa shape index (κ2) is 10.6. The van der Waals surface area contributed by atoms with E-state index in [0.717, 1.165) is 63.4 Å². The molecule has 2 amide bonds. The van der Waals surface area contributed by atoms with E-state index in [1.807, 2.05) is 6.92 Å². The Bertz CT molecular complexity index is 1160. The zero-order valence-electron chi connectivity index (χ0n) is 19.9. The molecular formula is C25H33N3O4S2. The van der Waals surface area contributed by atoms with Crippen LogP contribution in [0.4, 0.5) is 5.00 Å². The summed E-state index contributed by atoms with van der Waals surface area (Å²) in [6.45, 7) is 2.55. The van der Waals surface area contributed by atoms with Gasteiger partial charge >= 0.3 is 0 Å². The van der Waals surface area contributed by atoms with Crippen LogP contribution in [-0.2, 0) is 22.9 Å². The molecule has 0 saturated carbocycles. The lowest BCUT2D eigenvalue weighted by atomic mass is 10.0. The van der Waals surface area contributed by atoms with Crippen molar-refractivity contribution in [1.82, 2.24) is 9.62 Å². The monoisotopic (exact) mass is 503 g/mol. The molecule has 1 atom stereocenters. The number of hydrogen-bond donors (Lipinski definition) is 2. The molecule has 4 rings (SSSR count). The van der Waals surface area contributed by atoms with E-state index in [9.17, 15) is 18.0 Å². The lowest BCUT2D eigenvalue weighted by Gasteiger charge is -2.34. The van der Waals surface area contributed by atoms with Gasteiger partial charge in [0.1, 0.15) is 5.00 Å². The van der Waals surface area contributed by atoms with Crippen LogP contribution in [0.3, 0.4) is 0 Å². The SMILES string of the molecule is CCC1CCCCN1S(=O)(=O)c1ccc(C(=O)Nc2sc3c(c2C(=O)NC)CCCCC3)cc1. The molecule has 2 N–H and O–H groups in total. The third-order valence-electron chi connectivity index (χ3n) is 6.87. The summed E-state index contributed by atoms with van der Waals surface area (Å²) in [5.41, 5.74) is 1.97. The fraction of sp³-hybridized carbons (Fsp3) is 0.520. The lowest BCUT2D eigenvalue weighted by Crippen LogP contribution is -2.43. The molecule has 1 unspecified atom stereocenters. The quantitative estimate of drug-likeness (QED) is 0.564. The number of hydrogen-bond acceptors (Lipinski definition) is 5. The average Bonchev–Trinajstić information content (AvgIpc) is 3.03. The topological polar surface area (TPSA) is 95.6 Å². The lowest BCUT2D eigenvalue weighted by molar-refractivity contribution is 0.0963. The third kappa shape index (κ3) is 4.92. The van der Waals surface area contributed by atoms with Gasteiger partial charge in [-0.3, -0.25) is 9.59 Å². The van der Waals surface area contributed by atoms with Crippen molar-refractivity contribution in [2.45, 2.75) is 75.6 Å². The predicted octanol–water partition coefficient (Wildman–Crippen LogP) is 4.58. The molecule has 2 aliphatic rings. The van der Waals surface area contributed by atoms with Crippen molar-refractivity contribution in [1.29, 1.82) is 0 Å². The van der Waals surface area contributed by atoms with Crippen molar-refractivity contribution in [2.75, 3.05) is 18.9 Å². The molecule has 1 aliphatic heterocycles. The molecule has 7 nitrogen and oxygen atoms in total. The van der Waals surface area contributed by atoms with Crippen LogP contribution in [0.1, 0.15) is 83.0 Å². The maximum Gasteiger partial charge on any atom is 0.256 e. The van der Waals surface area contributed by atoms with Crippen LogP contribution in [0.5, 0.6) is 0 Å². The summed E-state index contributed by atoms with van der Waals surface area (Å²) in [6.07, 6.45) is 8.61. The summed E-state index contributed by atoms with van der Waals surface area (Å²) < 4.78 is 28.0. The summed E-state index contributed by atoms with van der Waals surface area (Å²) in [6, 6.07) is 6.14. The molecule has 1 aromatic carbocycles. The highest BCUT2D eigenvalue weighted by Gasteiger charge is 2.32. The Kier molecular flexibility index (Phi) is 7.74. The van der Waals surface area contributed by atoms with E-state index in [4.69, 9.17) is 0 Å². The molecular weight excluding hydrogens is 470 g/mol. The van der Waals surface area contributed by atoms with Crippen LogP contribution < -0.4 is 10.6 Å². The van der Waals surface area contributed by atoms with Crippen molar-refractivity contribution in [3.8, 4) is 0 Å². The predicted molar refractivity (Wildman–Crippen MR) is 135 cm³/mol. The Morgan fingerprint density at radius 2 is 1.76 bits per heavy atom. The summed E-state index contributed by atoms with van der Waals surface area (Å²) >= 11 is 1.48. The highest BCUT2D eigenvalue weighted by atomic mass is 32.2. The third-order valence-corrected chi connectivity index (χ3v) is 10.0. The standard InChI is InChI=1S/C25H33N3O4S2/c1-3-18-9-7-8-16-28(18)34(31,32)19-14-12-17(13-15-19)23(29)27-25-22(24(30)26-2)20-10-5-4-6-11-21(20)33-25/h12-15,18H,3-11,16H2,1-2H3,(H,26,30)(H,27,29). The van der Waals surface area contributed by atoms with E-state index in [-0.39, 0.29) is 22.8 Å². The number of fused-ring (bicyclic) bond motifs is 1. The molecule has 0 radical (unpaired) electrons. The Hall–Kier alpha value is -2.23. The molecule has 2 aromatic rings. The van der Waals surface area contributed by atoms with Gasteiger partial charge in [-0.05, 0) is 74.8 Å². The Balaban J connectivity index is 1.55. The molecule has 34 heavy (non-hydrogen) atoms. The van der Waals surface area contributed by atoms with Crippen molar-refractivity contribution in [3.63, 3.8) is 0 Å². The highest BCUT2D eigenvalue weighted by molar-refractivity contribution is 7.89. The maximum absolute atomic E-state index is 13.2. The van der Waals surface area contributed by atoms with E-state index < -0.39 is 10.0 Å². The van der Waals surface area contributed by atoms with E-state index in [2.05, 4.69) is 10.6 Å². The van der Waals surface area contributed by atoms with Crippen LogP contribution >= 0.6 is 11.3 Å². The van der Waals surface area contributed by atoms with Gasteiger partial charge in [0.05, 0.1) is 10.5 Å². The summed E-state index contributed by atoms with van der Waals surface area (Å²) in [5.74, 6) is -0.543. The fourth-order valence-corrected chi connectivity index (χ4v) is 8.03. The number of sulfonamides is 1. The normalized spacial score (nSPS) is 19.2. The van der Waals surface area contributed by atoms with Crippen molar-refractivity contribution in [3.05, 3.63) is 45.8 Å². The second-order valence-corrected chi connectivity index (χ2v) is 12.0. The van der Waals surface area contributed by atoms with Crippen molar-refractivity contribution < 1.29 is 18.0 Å². The minimum absolute atomic E-state index is 0.0268. The molecule has 1 aromatic heterocycles. The van der Waals surface area contributed by atoms with Crippen LogP contribution in [0.25, 0.3) is 0 Å². The molecule has 2 heterocycles. The number of rotatable bonds is 6. The minimum Gasteiger partial charge on any atom is -0.355 e. The molecule has 0 bridgehead atoms. The molecule has 1 fully saturated rings. The number of anilines is 1. The van der Waals surface area contributed by atoms with Gasteiger partial charge in [-0.15, -0.1) is 11.3 Å². The summed E-state index contributed by atoms with van der Waals surface area (Å²) in [4.78, 5) is 27.0. The minimum atomic E-state index is -3.60. The molecule has 1 saturated heterocycles. The van der Waals surface area contributed by atoms with Crippen molar-refractivity contribution in [2.24, 2.45) is 0 Å². The number of nitrogens with one attached hydrogen (secondary N) is 2. The summed E-state index contributed by atoms with van der Waals surface area (Å²) in [5, 5.41) is 6.18. The number of benzene rings is 1. The van der Waals surface area contributed by atoms with Gasteiger partial charge in [-0.2, -0.15) is 4.31 Å². The first kappa shape index (κ1) is 24.9. The molecule has 184 valence electrons. The number of piperidine rings is 1. The number of carbonyl (C=O) groups is 2. The number of amides is 2. The molecule has 1 aliphatic carbocycles. The highest BCUT2D eigenvalue weighted by Crippen LogP contribution is 2.38. The zero-order valence-corrected chi connectivity index (χ0v) is 21.5. The van der Waals surface area contributed by atoms with Crippen LogP contribution in [-0.4, -0.2) is 44.2 Å². The van der Waals surface area contributed by atoms with E-state index in [0.29, 0.717) is 22.7 Å². The number of aryl methyl sites for hydroxylation is 1. The van der Waals surface area contributed by atoms with Crippen LogP contribution in [0.15, 0.2) is 29.2 Å². The van der Waals surface area contributed by atoms with Gasteiger partial charge in [0.25, 0.3) is 11.8 Å². The Morgan fingerprint density at radius 3 is 2.47 bits per heavy atom. The van der Waals surface area contributed by atoms with Gasteiger partial charge in [0, 0.05) is 30.1 Å². The zero-order chi connectivity index (χ0) is 24.3. The first-order chi connectivity index (χ1) is 16.4. The van der Waals surface area contributed by atoms with Crippen LogP contribution in [0, 0.1) is 0 Å². The van der Waals surface area contributed by atoms with Gasteiger partial charge in [-0.1, -0.05) is 19.8 Å². The molecule has 0 spiro atoms. The van der Waals surface area contributed by atoms with Gasteiger partial charge in [0.15, 0.2) is 0 Å². The molecule has 9 heteroatoms. The van der Waals surface area contributed by atoms with Gasteiger partial charge in [0.2, 0.25) is 10.0 Å². The Labute approximate surface area is 206 Å². The smallest absolute Gasteiger partial charge is 0.256 e. The first-order valence-corrected chi connectivity index (χ1v) is 14.4. The number of nitrogens with zero attached hydrogens (tertiary/aromatic N) is 1. The maximum atomic E-state index is 13.2. The van der Waals surface area contributed by atoms with Crippen molar-refractivity contribution >= 4 is 38.2 Å². The number of carbonyl (C=O) groups excluding carboxylic acids is 2. The summed E-state index contributed by atoms with van der Waals surface area (Å²) in [7, 11) is -2.00.